The van der Waals surface area contributed by atoms with Crippen LogP contribution in [0.2, 0.25) is 0 Å². The first kappa shape index (κ1) is 14.9. The lowest BCUT2D eigenvalue weighted by Gasteiger charge is -2.15. The molecule has 0 aliphatic carbocycles. The maximum Gasteiger partial charge on any atom is 0.124 e. The molecule has 0 bridgehead atoms. The minimum absolute atomic E-state index is 0.315. The zero-order valence-electron chi connectivity index (χ0n) is 11.9. The van der Waals surface area contributed by atoms with Crippen LogP contribution >= 0.6 is 11.6 Å². The van der Waals surface area contributed by atoms with Crippen LogP contribution in [0.25, 0.3) is 0 Å². The number of hydrogen-bond acceptors (Lipinski definition) is 1. The van der Waals surface area contributed by atoms with Crippen molar-refractivity contribution in [1.29, 1.82) is 0 Å². The molecule has 106 valence electrons. The topological polar surface area (TPSA) is 9.23 Å². The summed E-state index contributed by atoms with van der Waals surface area (Å²) in [6.45, 7) is 4.28. The van der Waals surface area contributed by atoms with Gasteiger partial charge < -0.3 is 4.74 Å². The van der Waals surface area contributed by atoms with Gasteiger partial charge in [0, 0.05) is 5.56 Å². The van der Waals surface area contributed by atoms with Crippen molar-refractivity contribution in [3.05, 3.63) is 65.0 Å². The fraction of sp³-hybridized carbons (Fsp3) is 0.294. The number of rotatable bonds is 4. The predicted octanol–water partition coefficient (Wildman–Crippen LogP) is 5.29. The molecular weight excluding hydrogens is 275 g/mol. The van der Waals surface area contributed by atoms with Crippen LogP contribution in [0.4, 0.5) is 4.39 Å². The van der Waals surface area contributed by atoms with Gasteiger partial charge in [-0.3, -0.25) is 0 Å². The van der Waals surface area contributed by atoms with Gasteiger partial charge in [-0.15, -0.1) is 11.6 Å². The van der Waals surface area contributed by atoms with Gasteiger partial charge >= 0.3 is 0 Å². The van der Waals surface area contributed by atoms with E-state index in [0.29, 0.717) is 17.2 Å². The zero-order chi connectivity index (χ0) is 14.7. The number of alkyl halides is 1. The summed E-state index contributed by atoms with van der Waals surface area (Å²) in [6, 6.07) is 12.5. The molecule has 1 atom stereocenters. The average molecular weight is 293 g/mol. The molecule has 1 nitrogen and oxygen atoms in total. The summed E-state index contributed by atoms with van der Waals surface area (Å²) < 4.78 is 18.7. The maximum atomic E-state index is 13.4. The summed E-state index contributed by atoms with van der Waals surface area (Å²) in [7, 11) is 1.56. The van der Waals surface area contributed by atoms with Crippen LogP contribution in [-0.4, -0.2) is 7.11 Å². The van der Waals surface area contributed by atoms with Crippen molar-refractivity contribution >= 4 is 11.6 Å². The van der Waals surface area contributed by atoms with E-state index in [1.165, 1.54) is 17.7 Å². The summed E-state index contributed by atoms with van der Waals surface area (Å²) >= 11 is 6.47. The lowest BCUT2D eigenvalue weighted by Crippen LogP contribution is -1.99. The number of benzene rings is 2. The third-order valence-electron chi connectivity index (χ3n) is 3.36. The largest absolute Gasteiger partial charge is 0.496 e. The first-order valence-corrected chi connectivity index (χ1v) is 7.04. The zero-order valence-corrected chi connectivity index (χ0v) is 12.6. The van der Waals surface area contributed by atoms with E-state index in [1.54, 1.807) is 13.2 Å². The lowest BCUT2D eigenvalue weighted by molar-refractivity contribution is 0.409. The van der Waals surface area contributed by atoms with Gasteiger partial charge in [0.15, 0.2) is 0 Å². The van der Waals surface area contributed by atoms with Gasteiger partial charge in [0.05, 0.1) is 12.5 Å². The molecule has 20 heavy (non-hydrogen) atoms. The van der Waals surface area contributed by atoms with Crippen molar-refractivity contribution in [3.8, 4) is 5.75 Å². The third-order valence-corrected chi connectivity index (χ3v) is 3.85. The van der Waals surface area contributed by atoms with Gasteiger partial charge in [-0.2, -0.15) is 0 Å². The maximum absolute atomic E-state index is 13.4. The van der Waals surface area contributed by atoms with E-state index in [2.05, 4.69) is 26.0 Å². The Morgan fingerprint density at radius 2 is 1.60 bits per heavy atom. The van der Waals surface area contributed by atoms with Crippen molar-refractivity contribution in [2.75, 3.05) is 7.11 Å². The van der Waals surface area contributed by atoms with E-state index in [4.69, 9.17) is 16.3 Å². The first-order valence-electron chi connectivity index (χ1n) is 6.60. The Hall–Kier alpha value is -1.54. The average Bonchev–Trinajstić information content (AvgIpc) is 2.46. The molecule has 0 aliphatic heterocycles. The normalized spacial score (nSPS) is 12.5. The molecule has 1 unspecified atom stereocenters. The molecule has 0 aromatic heterocycles. The van der Waals surface area contributed by atoms with Gasteiger partial charge in [-0.05, 0) is 35.2 Å². The van der Waals surface area contributed by atoms with Gasteiger partial charge in [0.25, 0.3) is 0 Å². The number of hydrogen-bond donors (Lipinski definition) is 0. The van der Waals surface area contributed by atoms with E-state index < -0.39 is 5.38 Å². The summed E-state index contributed by atoms with van der Waals surface area (Å²) in [6.07, 6.45) is 0. The smallest absolute Gasteiger partial charge is 0.124 e. The van der Waals surface area contributed by atoms with Crippen LogP contribution in [0.5, 0.6) is 5.75 Å². The molecule has 0 saturated heterocycles. The minimum Gasteiger partial charge on any atom is -0.496 e. The number of methoxy groups -OCH3 is 1. The van der Waals surface area contributed by atoms with Crippen LogP contribution in [0, 0.1) is 5.82 Å². The molecule has 0 radical (unpaired) electrons. The summed E-state index contributed by atoms with van der Waals surface area (Å²) in [5.41, 5.74) is 2.83. The highest BCUT2D eigenvalue weighted by molar-refractivity contribution is 6.22. The van der Waals surface area contributed by atoms with Gasteiger partial charge in [-0.25, -0.2) is 4.39 Å². The second-order valence-electron chi connectivity index (χ2n) is 5.07. The van der Waals surface area contributed by atoms with Crippen molar-refractivity contribution in [2.24, 2.45) is 0 Å². The molecule has 0 spiro atoms. The summed E-state index contributed by atoms with van der Waals surface area (Å²) in [5, 5.41) is -0.429. The van der Waals surface area contributed by atoms with Crippen molar-refractivity contribution in [1.82, 2.24) is 0 Å². The van der Waals surface area contributed by atoms with E-state index in [0.717, 1.165) is 5.56 Å². The van der Waals surface area contributed by atoms with Crippen LogP contribution in [0.3, 0.4) is 0 Å². The fourth-order valence-electron chi connectivity index (χ4n) is 2.13. The Labute approximate surface area is 124 Å². The summed E-state index contributed by atoms with van der Waals surface area (Å²) in [5.74, 6) is 0.756. The first-order chi connectivity index (χ1) is 9.52. The molecule has 0 aliphatic rings. The molecule has 3 heteroatoms. The quantitative estimate of drug-likeness (QED) is 0.696. The second-order valence-corrected chi connectivity index (χ2v) is 5.51. The SMILES string of the molecule is COc1ccc(F)cc1C(Cl)c1ccc(C(C)C)cc1. The van der Waals surface area contributed by atoms with Crippen molar-refractivity contribution in [2.45, 2.75) is 25.1 Å². The van der Waals surface area contributed by atoms with Crippen LogP contribution in [0.15, 0.2) is 42.5 Å². The van der Waals surface area contributed by atoms with E-state index in [9.17, 15) is 4.39 Å². The van der Waals surface area contributed by atoms with Crippen molar-refractivity contribution in [3.63, 3.8) is 0 Å². The highest BCUT2D eigenvalue weighted by Gasteiger charge is 2.16. The lowest BCUT2D eigenvalue weighted by atomic mass is 9.98. The second kappa shape index (κ2) is 6.27. The van der Waals surface area contributed by atoms with Crippen LogP contribution < -0.4 is 4.74 Å². The van der Waals surface area contributed by atoms with E-state index in [1.807, 2.05) is 12.1 Å². The van der Waals surface area contributed by atoms with E-state index in [-0.39, 0.29) is 5.82 Å². The van der Waals surface area contributed by atoms with Crippen LogP contribution in [-0.2, 0) is 0 Å². The monoisotopic (exact) mass is 292 g/mol. The molecule has 2 rings (SSSR count). The van der Waals surface area contributed by atoms with Gasteiger partial charge in [0.1, 0.15) is 11.6 Å². The minimum atomic E-state index is -0.429. The molecule has 0 amide bonds. The van der Waals surface area contributed by atoms with E-state index >= 15 is 0 Å². The predicted molar refractivity (Wildman–Crippen MR) is 81.2 cm³/mol. The Morgan fingerprint density at radius 1 is 1.00 bits per heavy atom. The van der Waals surface area contributed by atoms with Gasteiger partial charge in [-0.1, -0.05) is 38.1 Å². The Bertz CT molecular complexity index is 578. The summed E-state index contributed by atoms with van der Waals surface area (Å²) in [4.78, 5) is 0. The molecule has 2 aromatic carbocycles. The van der Waals surface area contributed by atoms with Crippen LogP contribution in [0.1, 0.15) is 41.8 Å². The Balaban J connectivity index is 2.35. The highest BCUT2D eigenvalue weighted by Crippen LogP contribution is 2.35. The number of halogens is 2. The Morgan fingerprint density at radius 3 is 2.15 bits per heavy atom. The fourth-order valence-corrected chi connectivity index (χ4v) is 2.45. The molecule has 0 N–H and O–H groups in total. The van der Waals surface area contributed by atoms with Gasteiger partial charge in [0.2, 0.25) is 0 Å². The molecular formula is C17H18ClFO. The standard InChI is InChI=1S/C17H18ClFO/c1-11(2)12-4-6-13(7-5-12)17(18)15-10-14(19)8-9-16(15)20-3/h4-11,17H,1-3H3. The molecule has 0 saturated carbocycles. The molecule has 0 fully saturated rings. The highest BCUT2D eigenvalue weighted by atomic mass is 35.5. The molecule has 0 heterocycles. The molecule has 2 aromatic rings. The van der Waals surface area contributed by atoms with Crippen molar-refractivity contribution < 1.29 is 9.13 Å². The number of ether oxygens (including phenoxy) is 1. The Kier molecular flexibility index (Phi) is 4.66. The third kappa shape index (κ3) is 3.13.